The van der Waals surface area contributed by atoms with Crippen LogP contribution in [0.15, 0.2) is 0 Å². The number of amides is 1. The van der Waals surface area contributed by atoms with E-state index in [9.17, 15) is 15.3 Å². The Kier molecular flexibility index (Phi) is 3.42. The van der Waals surface area contributed by atoms with Crippen LogP contribution >= 0.6 is 0 Å². The SMILES string of the molecule is CCCNC(=O)C12CCC(C)(c3nc(C#N)c(C#N)nc31)C2(C)C. The number of nitriles is 2. The minimum atomic E-state index is -0.793. The minimum absolute atomic E-state index is 0.00543. The van der Waals surface area contributed by atoms with Crippen LogP contribution in [0.4, 0.5) is 0 Å². The highest BCUT2D eigenvalue weighted by atomic mass is 16.2. The molecule has 0 radical (unpaired) electrons. The van der Waals surface area contributed by atoms with Crippen molar-refractivity contribution >= 4 is 5.91 Å². The number of carbonyl (C=O) groups is 1. The summed E-state index contributed by atoms with van der Waals surface area (Å²) in [6.45, 7) is 8.87. The van der Waals surface area contributed by atoms with Crippen molar-refractivity contribution in [1.82, 2.24) is 15.3 Å². The molecule has 2 aliphatic carbocycles. The van der Waals surface area contributed by atoms with E-state index >= 15 is 0 Å². The second-order valence-electron chi connectivity index (χ2n) is 7.46. The molecule has 1 saturated carbocycles. The highest BCUT2D eigenvalue weighted by molar-refractivity contribution is 5.92. The third-order valence-corrected chi connectivity index (χ3v) is 6.40. The van der Waals surface area contributed by atoms with Crippen molar-refractivity contribution in [3.8, 4) is 12.1 Å². The first-order valence-corrected chi connectivity index (χ1v) is 8.31. The van der Waals surface area contributed by atoms with Gasteiger partial charge in [-0.05, 0) is 24.7 Å². The maximum atomic E-state index is 13.1. The Morgan fingerprint density at radius 3 is 2.25 bits per heavy atom. The van der Waals surface area contributed by atoms with Gasteiger partial charge in [-0.25, -0.2) is 9.97 Å². The summed E-state index contributed by atoms with van der Waals surface area (Å²) in [6, 6.07) is 3.91. The van der Waals surface area contributed by atoms with Gasteiger partial charge in [-0.2, -0.15) is 10.5 Å². The lowest BCUT2D eigenvalue weighted by atomic mass is 9.63. The molecule has 2 aliphatic rings. The molecule has 1 fully saturated rings. The molecule has 2 unspecified atom stereocenters. The Balaban J connectivity index is 2.28. The summed E-state index contributed by atoms with van der Waals surface area (Å²) < 4.78 is 0. The summed E-state index contributed by atoms with van der Waals surface area (Å²) in [7, 11) is 0. The fraction of sp³-hybridized carbons (Fsp3) is 0.611. The third-order valence-electron chi connectivity index (χ3n) is 6.40. The lowest BCUT2D eigenvalue weighted by Crippen LogP contribution is -2.51. The van der Waals surface area contributed by atoms with E-state index in [1.807, 2.05) is 19.1 Å². The average molecular weight is 323 g/mol. The zero-order valence-corrected chi connectivity index (χ0v) is 14.5. The van der Waals surface area contributed by atoms with Crippen molar-refractivity contribution in [2.45, 2.75) is 57.8 Å². The lowest BCUT2D eigenvalue weighted by Gasteiger charge is -2.39. The topological polar surface area (TPSA) is 102 Å². The third kappa shape index (κ3) is 1.61. The minimum Gasteiger partial charge on any atom is -0.355 e. The van der Waals surface area contributed by atoms with Crippen LogP contribution in [0, 0.1) is 28.1 Å². The Morgan fingerprint density at radius 1 is 1.12 bits per heavy atom. The van der Waals surface area contributed by atoms with Crippen LogP contribution in [0.25, 0.3) is 0 Å². The molecule has 3 rings (SSSR count). The van der Waals surface area contributed by atoms with Gasteiger partial charge in [0, 0.05) is 12.0 Å². The first-order chi connectivity index (χ1) is 11.3. The van der Waals surface area contributed by atoms with Crippen LogP contribution in [0.3, 0.4) is 0 Å². The summed E-state index contributed by atoms with van der Waals surface area (Å²) in [6.07, 6.45) is 2.36. The smallest absolute Gasteiger partial charge is 0.232 e. The predicted molar refractivity (Wildman–Crippen MR) is 86.8 cm³/mol. The molecule has 124 valence electrons. The fourth-order valence-electron chi connectivity index (χ4n) is 4.53. The van der Waals surface area contributed by atoms with Crippen LogP contribution < -0.4 is 5.32 Å². The Labute approximate surface area is 141 Å². The van der Waals surface area contributed by atoms with Crippen molar-refractivity contribution in [3.63, 3.8) is 0 Å². The van der Waals surface area contributed by atoms with Gasteiger partial charge in [0.25, 0.3) is 0 Å². The predicted octanol–water partition coefficient (Wildman–Crippen LogP) is 2.08. The van der Waals surface area contributed by atoms with Gasteiger partial charge < -0.3 is 5.32 Å². The Morgan fingerprint density at radius 2 is 1.71 bits per heavy atom. The van der Waals surface area contributed by atoms with Crippen molar-refractivity contribution in [2.75, 3.05) is 6.54 Å². The molecule has 1 aromatic heterocycles. The first kappa shape index (κ1) is 16.4. The van der Waals surface area contributed by atoms with Gasteiger partial charge in [0.15, 0.2) is 11.4 Å². The molecule has 1 amide bonds. The van der Waals surface area contributed by atoms with Gasteiger partial charge >= 0.3 is 0 Å². The molecule has 24 heavy (non-hydrogen) atoms. The highest BCUT2D eigenvalue weighted by Gasteiger charge is 2.73. The maximum absolute atomic E-state index is 13.1. The van der Waals surface area contributed by atoms with Crippen LogP contribution in [-0.4, -0.2) is 22.4 Å². The fourth-order valence-corrected chi connectivity index (χ4v) is 4.53. The quantitative estimate of drug-likeness (QED) is 0.917. The summed E-state index contributed by atoms with van der Waals surface area (Å²) in [5.41, 5.74) is -0.166. The first-order valence-electron chi connectivity index (χ1n) is 8.31. The van der Waals surface area contributed by atoms with Crippen LogP contribution in [0.1, 0.15) is 69.7 Å². The molecular formula is C18H21N5O. The lowest BCUT2D eigenvalue weighted by molar-refractivity contribution is -0.130. The summed E-state index contributed by atoms with van der Waals surface area (Å²) in [5, 5.41) is 21.6. The maximum Gasteiger partial charge on any atom is 0.232 e. The van der Waals surface area contributed by atoms with Crippen LogP contribution in [-0.2, 0) is 15.6 Å². The number of nitrogens with zero attached hydrogens (tertiary/aromatic N) is 4. The zero-order chi connectivity index (χ0) is 17.8. The number of nitrogens with one attached hydrogen (secondary N) is 1. The van der Waals surface area contributed by atoms with Crippen molar-refractivity contribution < 1.29 is 4.79 Å². The van der Waals surface area contributed by atoms with E-state index in [0.717, 1.165) is 12.8 Å². The van der Waals surface area contributed by atoms with Crippen molar-refractivity contribution in [1.29, 1.82) is 10.5 Å². The molecule has 1 N–H and O–H groups in total. The summed E-state index contributed by atoms with van der Waals surface area (Å²) in [5.74, 6) is -0.0419. The Bertz CT molecular complexity index is 816. The zero-order valence-electron chi connectivity index (χ0n) is 14.5. The second kappa shape index (κ2) is 5.01. The Hall–Kier alpha value is -2.47. The molecule has 6 heteroatoms. The molecule has 1 heterocycles. The number of carbonyl (C=O) groups excluding carboxylic acids is 1. The average Bonchev–Trinajstić information content (AvgIpc) is 2.87. The molecule has 1 aromatic rings. The molecule has 0 aromatic carbocycles. The van der Waals surface area contributed by atoms with Gasteiger partial charge in [0.1, 0.15) is 12.1 Å². The van der Waals surface area contributed by atoms with E-state index in [2.05, 4.69) is 36.1 Å². The molecular weight excluding hydrogens is 302 g/mol. The standard InChI is InChI=1S/C18H21N5O/c1-5-8-21-15(24)18-7-6-17(4,16(18,2)3)13-14(18)23-12(10-20)11(9-19)22-13/h5-8H2,1-4H3,(H,21,24). The van der Waals surface area contributed by atoms with Crippen LogP contribution in [0.2, 0.25) is 0 Å². The van der Waals surface area contributed by atoms with Gasteiger partial charge in [-0.15, -0.1) is 0 Å². The number of rotatable bonds is 3. The second-order valence-corrected chi connectivity index (χ2v) is 7.46. The monoisotopic (exact) mass is 323 g/mol. The van der Waals surface area contributed by atoms with Crippen molar-refractivity contribution in [3.05, 3.63) is 22.8 Å². The number of hydrogen-bond acceptors (Lipinski definition) is 5. The van der Waals surface area contributed by atoms with Crippen molar-refractivity contribution in [2.24, 2.45) is 5.41 Å². The van der Waals surface area contributed by atoms with Gasteiger partial charge in [0.2, 0.25) is 5.91 Å². The van der Waals surface area contributed by atoms with Gasteiger partial charge in [-0.1, -0.05) is 27.7 Å². The van der Waals surface area contributed by atoms with Gasteiger partial charge in [-0.3, -0.25) is 4.79 Å². The summed E-state index contributed by atoms with van der Waals surface area (Å²) >= 11 is 0. The molecule has 0 spiro atoms. The van der Waals surface area contributed by atoms with E-state index in [1.54, 1.807) is 0 Å². The summed E-state index contributed by atoms with van der Waals surface area (Å²) in [4.78, 5) is 22.1. The largest absolute Gasteiger partial charge is 0.355 e. The van der Waals surface area contributed by atoms with Gasteiger partial charge in [0.05, 0.1) is 16.8 Å². The van der Waals surface area contributed by atoms with E-state index in [0.29, 0.717) is 24.4 Å². The molecule has 0 saturated heterocycles. The molecule has 0 aliphatic heterocycles. The van der Waals surface area contributed by atoms with E-state index in [-0.39, 0.29) is 28.1 Å². The highest BCUT2D eigenvalue weighted by Crippen LogP contribution is 2.70. The number of aromatic nitrogens is 2. The number of hydrogen-bond donors (Lipinski definition) is 1. The van der Waals surface area contributed by atoms with Crippen LogP contribution in [0.5, 0.6) is 0 Å². The molecule has 6 nitrogen and oxygen atoms in total. The normalized spacial score (nSPS) is 28.8. The molecule has 2 atom stereocenters. The van der Waals surface area contributed by atoms with E-state index in [4.69, 9.17) is 0 Å². The van der Waals surface area contributed by atoms with E-state index < -0.39 is 5.41 Å². The van der Waals surface area contributed by atoms with E-state index in [1.165, 1.54) is 0 Å². The number of fused-ring (bicyclic) bond motifs is 5. The molecule has 2 bridgehead atoms.